The van der Waals surface area contributed by atoms with Crippen LogP contribution in [0.25, 0.3) is 0 Å². The molecule has 0 unspecified atom stereocenters. The molecule has 0 saturated carbocycles. The first kappa shape index (κ1) is 13.7. The van der Waals surface area contributed by atoms with E-state index in [-0.39, 0.29) is 6.09 Å². The molecule has 104 valence electrons. The number of amides is 1. The van der Waals surface area contributed by atoms with Crippen LogP contribution in [0.3, 0.4) is 0 Å². The van der Waals surface area contributed by atoms with E-state index in [1.807, 2.05) is 6.92 Å². The van der Waals surface area contributed by atoms with Crippen molar-refractivity contribution in [2.45, 2.75) is 20.3 Å². The lowest BCUT2D eigenvalue weighted by Gasteiger charge is -2.35. The third-order valence-electron chi connectivity index (χ3n) is 3.52. The molecule has 0 aliphatic carbocycles. The fraction of sp³-hybridized carbons (Fsp3) is 0.533. The van der Waals surface area contributed by atoms with Crippen molar-refractivity contribution >= 4 is 11.8 Å². The van der Waals surface area contributed by atoms with Crippen LogP contribution >= 0.6 is 0 Å². The molecule has 0 aromatic heterocycles. The molecule has 1 aliphatic heterocycles. The van der Waals surface area contributed by atoms with E-state index in [4.69, 9.17) is 4.74 Å². The van der Waals surface area contributed by atoms with Crippen molar-refractivity contribution in [3.8, 4) is 0 Å². The predicted molar refractivity (Wildman–Crippen MR) is 76.6 cm³/mol. The molecule has 0 atom stereocenters. The third-order valence-corrected chi connectivity index (χ3v) is 3.52. The summed E-state index contributed by atoms with van der Waals surface area (Å²) in [5, 5.41) is 0. The van der Waals surface area contributed by atoms with Crippen LogP contribution in [0.5, 0.6) is 0 Å². The Morgan fingerprint density at radius 2 is 1.74 bits per heavy atom. The highest BCUT2D eigenvalue weighted by molar-refractivity contribution is 5.68. The summed E-state index contributed by atoms with van der Waals surface area (Å²) >= 11 is 0. The number of hydrogen-bond donors (Lipinski definition) is 0. The van der Waals surface area contributed by atoms with Crippen molar-refractivity contribution in [1.29, 1.82) is 0 Å². The van der Waals surface area contributed by atoms with Crippen LogP contribution in [0.15, 0.2) is 24.3 Å². The molecule has 19 heavy (non-hydrogen) atoms. The molecular weight excluding hydrogens is 240 g/mol. The molecule has 4 nitrogen and oxygen atoms in total. The molecule has 0 bridgehead atoms. The van der Waals surface area contributed by atoms with Gasteiger partial charge in [0, 0.05) is 31.9 Å². The zero-order chi connectivity index (χ0) is 13.7. The van der Waals surface area contributed by atoms with Crippen molar-refractivity contribution in [3.63, 3.8) is 0 Å². The second-order valence-electron chi connectivity index (χ2n) is 4.69. The largest absolute Gasteiger partial charge is 0.450 e. The Morgan fingerprint density at radius 1 is 1.11 bits per heavy atom. The van der Waals surface area contributed by atoms with E-state index in [1.54, 1.807) is 4.90 Å². The lowest BCUT2D eigenvalue weighted by molar-refractivity contribution is 0.105. The molecule has 1 amide bonds. The molecule has 1 aromatic carbocycles. The number of hydrogen-bond acceptors (Lipinski definition) is 3. The maximum absolute atomic E-state index is 11.6. The summed E-state index contributed by atoms with van der Waals surface area (Å²) in [6, 6.07) is 8.68. The van der Waals surface area contributed by atoms with Crippen molar-refractivity contribution in [1.82, 2.24) is 4.90 Å². The zero-order valence-electron chi connectivity index (χ0n) is 11.8. The highest BCUT2D eigenvalue weighted by Gasteiger charge is 2.21. The number of aryl methyl sites for hydroxylation is 1. The van der Waals surface area contributed by atoms with Gasteiger partial charge in [0.15, 0.2) is 0 Å². The molecule has 1 saturated heterocycles. The first-order chi connectivity index (χ1) is 9.24. The number of benzene rings is 1. The van der Waals surface area contributed by atoms with Crippen LogP contribution in [0.4, 0.5) is 10.5 Å². The van der Waals surface area contributed by atoms with Crippen LogP contribution < -0.4 is 4.90 Å². The first-order valence-corrected chi connectivity index (χ1v) is 7.00. The van der Waals surface area contributed by atoms with Gasteiger partial charge in [0.2, 0.25) is 0 Å². The maximum atomic E-state index is 11.6. The van der Waals surface area contributed by atoms with Crippen molar-refractivity contribution in [2.24, 2.45) is 0 Å². The van der Waals surface area contributed by atoms with E-state index >= 15 is 0 Å². The number of anilines is 1. The lowest BCUT2D eigenvalue weighted by atomic mass is 10.1. The summed E-state index contributed by atoms with van der Waals surface area (Å²) in [6.45, 7) is 7.63. The van der Waals surface area contributed by atoms with Crippen LogP contribution in [0.2, 0.25) is 0 Å². The van der Waals surface area contributed by atoms with Gasteiger partial charge < -0.3 is 14.5 Å². The molecule has 1 fully saturated rings. The zero-order valence-corrected chi connectivity index (χ0v) is 11.8. The summed E-state index contributed by atoms with van der Waals surface area (Å²) in [6.07, 6.45) is 0.875. The fourth-order valence-corrected chi connectivity index (χ4v) is 2.30. The van der Waals surface area contributed by atoms with Crippen molar-refractivity contribution in [2.75, 3.05) is 37.7 Å². The number of ether oxygens (including phenoxy) is 1. The quantitative estimate of drug-likeness (QED) is 0.839. The van der Waals surface area contributed by atoms with E-state index in [2.05, 4.69) is 36.1 Å². The van der Waals surface area contributed by atoms with Gasteiger partial charge in [-0.3, -0.25) is 0 Å². The van der Waals surface area contributed by atoms with E-state index in [0.717, 1.165) is 32.6 Å². The molecule has 0 spiro atoms. The van der Waals surface area contributed by atoms with Gasteiger partial charge in [0.25, 0.3) is 0 Å². The monoisotopic (exact) mass is 262 g/mol. The number of rotatable bonds is 3. The second-order valence-corrected chi connectivity index (χ2v) is 4.69. The van der Waals surface area contributed by atoms with Crippen LogP contribution in [-0.2, 0) is 11.2 Å². The van der Waals surface area contributed by atoms with Gasteiger partial charge in [-0.05, 0) is 31.0 Å². The number of piperazine rings is 1. The van der Waals surface area contributed by atoms with Gasteiger partial charge in [-0.1, -0.05) is 19.1 Å². The van der Waals surface area contributed by atoms with Gasteiger partial charge in [0.05, 0.1) is 6.61 Å². The Hall–Kier alpha value is -1.71. The molecule has 1 aliphatic rings. The third kappa shape index (κ3) is 3.40. The van der Waals surface area contributed by atoms with Crippen LogP contribution in [0.1, 0.15) is 19.4 Å². The van der Waals surface area contributed by atoms with Crippen LogP contribution in [-0.4, -0.2) is 43.8 Å². The Balaban J connectivity index is 1.90. The molecule has 2 rings (SSSR count). The van der Waals surface area contributed by atoms with Gasteiger partial charge in [-0.15, -0.1) is 0 Å². The molecule has 1 aromatic rings. The van der Waals surface area contributed by atoms with Crippen molar-refractivity contribution < 1.29 is 9.53 Å². The van der Waals surface area contributed by atoms with E-state index in [9.17, 15) is 4.79 Å². The Bertz CT molecular complexity index is 409. The van der Waals surface area contributed by atoms with Crippen molar-refractivity contribution in [3.05, 3.63) is 29.8 Å². The van der Waals surface area contributed by atoms with E-state index in [1.165, 1.54) is 11.3 Å². The average molecular weight is 262 g/mol. The van der Waals surface area contributed by atoms with Gasteiger partial charge in [-0.2, -0.15) is 0 Å². The smallest absolute Gasteiger partial charge is 0.409 e. The minimum Gasteiger partial charge on any atom is -0.450 e. The second kappa shape index (κ2) is 6.45. The molecule has 4 heteroatoms. The van der Waals surface area contributed by atoms with E-state index in [0.29, 0.717) is 6.61 Å². The summed E-state index contributed by atoms with van der Waals surface area (Å²) in [4.78, 5) is 15.7. The minimum absolute atomic E-state index is 0.191. The SMILES string of the molecule is CCOC(=O)N1CCN(c2ccc(CC)cc2)CC1. The Labute approximate surface area is 115 Å². The molecule has 0 N–H and O–H groups in total. The number of carbonyl (C=O) groups excluding carboxylic acids is 1. The van der Waals surface area contributed by atoms with Crippen LogP contribution in [0, 0.1) is 0 Å². The Kier molecular flexibility index (Phi) is 4.66. The summed E-state index contributed by atoms with van der Waals surface area (Å²) < 4.78 is 5.02. The lowest BCUT2D eigenvalue weighted by Crippen LogP contribution is -2.49. The molecule has 0 radical (unpaired) electrons. The fourth-order valence-electron chi connectivity index (χ4n) is 2.30. The highest BCUT2D eigenvalue weighted by Crippen LogP contribution is 2.17. The van der Waals surface area contributed by atoms with Gasteiger partial charge >= 0.3 is 6.09 Å². The molecule has 1 heterocycles. The number of carbonyl (C=O) groups is 1. The Morgan fingerprint density at radius 3 is 2.26 bits per heavy atom. The highest BCUT2D eigenvalue weighted by atomic mass is 16.6. The molecular formula is C15H22N2O2. The average Bonchev–Trinajstić information content (AvgIpc) is 2.48. The number of nitrogens with zero attached hydrogens (tertiary/aromatic N) is 2. The first-order valence-electron chi connectivity index (χ1n) is 7.00. The standard InChI is InChI=1S/C15H22N2O2/c1-3-13-5-7-14(8-6-13)16-9-11-17(12-10-16)15(18)19-4-2/h5-8H,3-4,9-12H2,1-2H3. The van der Waals surface area contributed by atoms with Gasteiger partial charge in [-0.25, -0.2) is 4.79 Å². The summed E-state index contributed by atoms with van der Waals surface area (Å²) in [5.74, 6) is 0. The minimum atomic E-state index is -0.191. The summed E-state index contributed by atoms with van der Waals surface area (Å²) in [5.41, 5.74) is 2.59. The maximum Gasteiger partial charge on any atom is 0.409 e. The normalized spacial score (nSPS) is 15.5. The summed E-state index contributed by atoms with van der Waals surface area (Å²) in [7, 11) is 0. The van der Waals surface area contributed by atoms with E-state index < -0.39 is 0 Å². The predicted octanol–water partition coefficient (Wildman–Crippen LogP) is 2.53. The topological polar surface area (TPSA) is 32.8 Å². The van der Waals surface area contributed by atoms with Gasteiger partial charge in [0.1, 0.15) is 0 Å².